The van der Waals surface area contributed by atoms with Crippen LogP contribution in [-0.4, -0.2) is 29.7 Å². The summed E-state index contributed by atoms with van der Waals surface area (Å²) in [7, 11) is 0. The maximum Gasteiger partial charge on any atom is 0.276 e. The molecule has 0 spiro atoms. The van der Waals surface area contributed by atoms with Gasteiger partial charge in [-0.2, -0.15) is 0 Å². The van der Waals surface area contributed by atoms with Gasteiger partial charge in [-0.15, -0.1) is 11.8 Å². The van der Waals surface area contributed by atoms with Crippen LogP contribution in [0, 0.1) is 0 Å². The Bertz CT molecular complexity index is 981. The van der Waals surface area contributed by atoms with Crippen molar-refractivity contribution in [2.45, 2.75) is 11.6 Å². The highest BCUT2D eigenvalue weighted by molar-refractivity contribution is 7.98. The van der Waals surface area contributed by atoms with E-state index in [2.05, 4.69) is 15.8 Å². The first-order valence-corrected chi connectivity index (χ1v) is 10.4. The third-order valence-electron chi connectivity index (χ3n) is 3.97. The van der Waals surface area contributed by atoms with Crippen LogP contribution >= 0.6 is 11.8 Å². The molecule has 30 heavy (non-hydrogen) atoms. The number of nitrogens with one attached hydrogen (secondary N) is 2. The smallest absolute Gasteiger partial charge is 0.276 e. The van der Waals surface area contributed by atoms with E-state index < -0.39 is 11.8 Å². The number of hydrazine groups is 1. The van der Waals surface area contributed by atoms with E-state index in [1.807, 2.05) is 36.6 Å². The number of aromatic nitrogens is 1. The van der Waals surface area contributed by atoms with Crippen molar-refractivity contribution < 1.29 is 19.1 Å². The van der Waals surface area contributed by atoms with Crippen LogP contribution in [-0.2, 0) is 11.4 Å². The second-order valence-corrected chi connectivity index (χ2v) is 6.89. The van der Waals surface area contributed by atoms with Gasteiger partial charge in [-0.3, -0.25) is 20.4 Å². The zero-order valence-corrected chi connectivity index (χ0v) is 17.1. The number of carbonyl (C=O) groups is 2. The average molecular weight is 423 g/mol. The van der Waals surface area contributed by atoms with Gasteiger partial charge in [0, 0.05) is 6.20 Å². The molecule has 1 aromatic heterocycles. The topological polar surface area (TPSA) is 89.6 Å². The zero-order valence-electron chi connectivity index (χ0n) is 16.3. The number of hydrogen-bond acceptors (Lipinski definition) is 6. The van der Waals surface area contributed by atoms with Crippen molar-refractivity contribution in [3.05, 3.63) is 84.1 Å². The minimum Gasteiger partial charge on any atom is -0.489 e. The van der Waals surface area contributed by atoms with E-state index in [1.54, 1.807) is 42.6 Å². The van der Waals surface area contributed by atoms with Crippen LogP contribution in [0.5, 0.6) is 11.5 Å². The quantitative estimate of drug-likeness (QED) is 0.427. The van der Waals surface area contributed by atoms with Crippen molar-refractivity contribution in [1.82, 2.24) is 15.8 Å². The van der Waals surface area contributed by atoms with Gasteiger partial charge in [-0.1, -0.05) is 30.3 Å². The Hall–Kier alpha value is -3.52. The van der Waals surface area contributed by atoms with Gasteiger partial charge < -0.3 is 9.47 Å². The average Bonchev–Trinajstić information content (AvgIpc) is 2.81. The van der Waals surface area contributed by atoms with Gasteiger partial charge in [-0.25, -0.2) is 4.98 Å². The van der Waals surface area contributed by atoms with Gasteiger partial charge in [0.15, 0.2) is 6.61 Å². The number of benzene rings is 2. The lowest BCUT2D eigenvalue weighted by Crippen LogP contribution is -2.44. The van der Waals surface area contributed by atoms with Gasteiger partial charge >= 0.3 is 0 Å². The van der Waals surface area contributed by atoms with Crippen molar-refractivity contribution in [1.29, 1.82) is 0 Å². The molecule has 1 heterocycles. The fourth-order valence-electron chi connectivity index (χ4n) is 2.48. The summed E-state index contributed by atoms with van der Waals surface area (Å²) in [6, 6.07) is 20.1. The third kappa shape index (κ3) is 6.25. The van der Waals surface area contributed by atoms with Gasteiger partial charge in [0.25, 0.3) is 11.8 Å². The minimum absolute atomic E-state index is 0.243. The Morgan fingerprint density at radius 2 is 1.60 bits per heavy atom. The summed E-state index contributed by atoms with van der Waals surface area (Å²) in [6.07, 6.45) is 3.43. The number of rotatable bonds is 8. The van der Waals surface area contributed by atoms with Gasteiger partial charge in [0.2, 0.25) is 0 Å². The van der Waals surface area contributed by atoms with Crippen molar-refractivity contribution in [2.75, 3.05) is 12.9 Å². The van der Waals surface area contributed by atoms with Crippen LogP contribution in [0.2, 0.25) is 0 Å². The SMILES string of the molecule is CSc1ncccc1C(=O)NNC(=O)COc1ccc(OCc2ccccc2)cc1. The molecule has 0 radical (unpaired) electrons. The van der Waals surface area contributed by atoms with Crippen LogP contribution in [0.15, 0.2) is 78.0 Å². The largest absolute Gasteiger partial charge is 0.489 e. The Kier molecular flexibility index (Phi) is 7.68. The predicted molar refractivity (Wildman–Crippen MR) is 114 cm³/mol. The van der Waals surface area contributed by atoms with E-state index in [0.29, 0.717) is 28.7 Å². The van der Waals surface area contributed by atoms with Crippen molar-refractivity contribution in [3.8, 4) is 11.5 Å². The number of hydrogen-bond donors (Lipinski definition) is 2. The number of amides is 2. The predicted octanol–water partition coefficient (Wildman–Crippen LogP) is 3.22. The molecule has 0 saturated carbocycles. The highest BCUT2D eigenvalue weighted by Crippen LogP contribution is 2.19. The van der Waals surface area contributed by atoms with Crippen LogP contribution < -0.4 is 20.3 Å². The Morgan fingerprint density at radius 3 is 2.30 bits per heavy atom. The highest BCUT2D eigenvalue weighted by Gasteiger charge is 2.12. The molecular weight excluding hydrogens is 402 g/mol. The first-order valence-electron chi connectivity index (χ1n) is 9.13. The molecular formula is C22H21N3O4S. The fraction of sp³-hybridized carbons (Fsp3) is 0.136. The molecule has 3 aromatic rings. The van der Waals surface area contributed by atoms with E-state index in [1.165, 1.54) is 11.8 Å². The van der Waals surface area contributed by atoms with E-state index in [4.69, 9.17) is 9.47 Å². The van der Waals surface area contributed by atoms with Gasteiger partial charge in [0.05, 0.1) is 5.56 Å². The molecule has 0 aliphatic rings. The molecule has 0 aliphatic heterocycles. The lowest BCUT2D eigenvalue weighted by Gasteiger charge is -2.11. The molecule has 0 aliphatic carbocycles. The second-order valence-electron chi connectivity index (χ2n) is 6.10. The zero-order chi connectivity index (χ0) is 21.2. The number of nitrogens with zero attached hydrogens (tertiary/aromatic N) is 1. The summed E-state index contributed by atoms with van der Waals surface area (Å²) < 4.78 is 11.1. The van der Waals surface area contributed by atoms with Crippen LogP contribution in [0.25, 0.3) is 0 Å². The van der Waals surface area contributed by atoms with E-state index in [0.717, 1.165) is 5.56 Å². The van der Waals surface area contributed by atoms with E-state index >= 15 is 0 Å². The Morgan fingerprint density at radius 1 is 0.900 bits per heavy atom. The molecule has 0 fully saturated rings. The van der Waals surface area contributed by atoms with Crippen LogP contribution in [0.3, 0.4) is 0 Å². The maximum atomic E-state index is 12.2. The standard InChI is InChI=1S/C22H21N3O4S/c1-30-22-19(8-5-13-23-22)21(27)25-24-20(26)15-29-18-11-9-17(10-12-18)28-14-16-6-3-2-4-7-16/h2-13H,14-15H2,1H3,(H,24,26)(H,25,27). The minimum atomic E-state index is -0.484. The summed E-state index contributed by atoms with van der Waals surface area (Å²) in [4.78, 5) is 28.2. The molecule has 2 N–H and O–H groups in total. The molecule has 8 heteroatoms. The van der Waals surface area contributed by atoms with Crippen molar-refractivity contribution >= 4 is 23.6 Å². The number of thioether (sulfide) groups is 1. The second kappa shape index (κ2) is 10.9. The monoisotopic (exact) mass is 423 g/mol. The van der Waals surface area contributed by atoms with Gasteiger partial charge in [-0.05, 0) is 48.2 Å². The molecule has 0 saturated heterocycles. The lowest BCUT2D eigenvalue weighted by molar-refractivity contribution is -0.123. The van der Waals surface area contributed by atoms with Crippen LogP contribution in [0.1, 0.15) is 15.9 Å². The molecule has 2 aromatic carbocycles. The molecule has 154 valence electrons. The number of pyridine rings is 1. The Labute approximate surface area is 178 Å². The summed E-state index contributed by atoms with van der Waals surface area (Å²) in [6.45, 7) is 0.227. The first kappa shape index (κ1) is 21.2. The van der Waals surface area contributed by atoms with E-state index in [-0.39, 0.29) is 6.61 Å². The van der Waals surface area contributed by atoms with Crippen molar-refractivity contribution in [3.63, 3.8) is 0 Å². The molecule has 3 rings (SSSR count). The number of carbonyl (C=O) groups excluding carboxylic acids is 2. The molecule has 7 nitrogen and oxygen atoms in total. The highest BCUT2D eigenvalue weighted by atomic mass is 32.2. The Balaban J connectivity index is 1.41. The first-order chi connectivity index (χ1) is 14.7. The number of ether oxygens (including phenoxy) is 2. The summed E-state index contributed by atoms with van der Waals surface area (Å²) >= 11 is 1.35. The van der Waals surface area contributed by atoms with E-state index in [9.17, 15) is 9.59 Å². The summed E-state index contributed by atoms with van der Waals surface area (Å²) in [5.41, 5.74) is 6.15. The normalized spacial score (nSPS) is 10.2. The third-order valence-corrected chi connectivity index (χ3v) is 4.68. The molecule has 0 bridgehead atoms. The molecule has 0 unspecified atom stereocenters. The summed E-state index contributed by atoms with van der Waals surface area (Å²) in [5.74, 6) is 0.285. The van der Waals surface area contributed by atoms with Crippen LogP contribution in [0.4, 0.5) is 0 Å². The molecule has 0 atom stereocenters. The summed E-state index contributed by atoms with van der Waals surface area (Å²) in [5, 5.41) is 0.579. The molecule has 2 amide bonds. The van der Waals surface area contributed by atoms with Crippen molar-refractivity contribution in [2.24, 2.45) is 0 Å². The maximum absolute atomic E-state index is 12.2. The fourth-order valence-corrected chi connectivity index (χ4v) is 3.02. The van der Waals surface area contributed by atoms with Gasteiger partial charge in [0.1, 0.15) is 23.1 Å². The lowest BCUT2D eigenvalue weighted by atomic mass is 10.2.